The molecule has 15 heavy (non-hydrogen) atoms. The zero-order valence-corrected chi connectivity index (χ0v) is 9.39. The summed E-state index contributed by atoms with van der Waals surface area (Å²) < 4.78 is 5.34. The van der Waals surface area contributed by atoms with Crippen molar-refractivity contribution in [3.8, 4) is 17.6 Å². The van der Waals surface area contributed by atoms with Crippen LogP contribution in [0.2, 0.25) is 5.02 Å². The van der Waals surface area contributed by atoms with Gasteiger partial charge in [-0.1, -0.05) is 17.5 Å². The molecule has 78 valence electrons. The average molecular weight is 223 g/mol. The Morgan fingerprint density at radius 2 is 2.27 bits per heavy atom. The number of Topliss-reactive ketones (excluding diaryl/α,β-unsaturated/α-hetero) is 1. The molecule has 0 aromatic heterocycles. The third-order valence-corrected chi connectivity index (χ3v) is 2.03. The first kappa shape index (κ1) is 11.6. The van der Waals surface area contributed by atoms with Gasteiger partial charge in [0.05, 0.1) is 5.56 Å². The topological polar surface area (TPSA) is 26.3 Å². The number of rotatable bonds is 3. The third kappa shape index (κ3) is 3.30. The number of ketones is 1. The van der Waals surface area contributed by atoms with E-state index in [0.717, 1.165) is 0 Å². The van der Waals surface area contributed by atoms with E-state index in [4.69, 9.17) is 16.3 Å². The molecule has 2 nitrogen and oxygen atoms in total. The fraction of sp³-hybridized carbons (Fsp3) is 0.250. The molecule has 0 unspecified atom stereocenters. The Morgan fingerprint density at radius 3 is 2.87 bits per heavy atom. The lowest BCUT2D eigenvalue weighted by atomic mass is 10.1. The van der Waals surface area contributed by atoms with Gasteiger partial charge in [-0.3, -0.25) is 4.79 Å². The Morgan fingerprint density at radius 1 is 1.53 bits per heavy atom. The quantitative estimate of drug-likeness (QED) is 0.581. The third-order valence-electron chi connectivity index (χ3n) is 1.80. The Bertz CT molecular complexity index is 427. The Hall–Kier alpha value is -1.46. The lowest BCUT2D eigenvalue weighted by molar-refractivity contribution is 0.101. The molecule has 0 saturated heterocycles. The van der Waals surface area contributed by atoms with Crippen LogP contribution in [0.3, 0.4) is 0 Å². The monoisotopic (exact) mass is 222 g/mol. The van der Waals surface area contributed by atoms with Gasteiger partial charge in [0.25, 0.3) is 0 Å². The van der Waals surface area contributed by atoms with Crippen molar-refractivity contribution in [3.05, 3.63) is 28.8 Å². The van der Waals surface area contributed by atoms with Gasteiger partial charge in [0.1, 0.15) is 12.4 Å². The maximum Gasteiger partial charge on any atom is 0.163 e. The SMILES string of the molecule is CC#CCOc1ccc(Cl)cc1C(C)=O. The maximum absolute atomic E-state index is 11.3. The van der Waals surface area contributed by atoms with Crippen LogP contribution in [-0.2, 0) is 0 Å². The molecule has 0 radical (unpaired) electrons. The summed E-state index contributed by atoms with van der Waals surface area (Å²) in [6.07, 6.45) is 0. The molecule has 0 aliphatic rings. The number of carbonyl (C=O) groups excluding carboxylic acids is 1. The van der Waals surface area contributed by atoms with Crippen molar-refractivity contribution in [3.63, 3.8) is 0 Å². The smallest absolute Gasteiger partial charge is 0.163 e. The van der Waals surface area contributed by atoms with E-state index in [9.17, 15) is 4.79 Å². The Balaban J connectivity index is 2.94. The predicted octanol–water partition coefficient (Wildman–Crippen LogP) is 2.94. The molecule has 1 rings (SSSR count). The van der Waals surface area contributed by atoms with Gasteiger partial charge in [-0.25, -0.2) is 0 Å². The number of hydrogen-bond acceptors (Lipinski definition) is 2. The number of carbonyl (C=O) groups is 1. The normalized spacial score (nSPS) is 9.00. The van der Waals surface area contributed by atoms with E-state index < -0.39 is 0 Å². The van der Waals surface area contributed by atoms with E-state index in [0.29, 0.717) is 16.3 Å². The second kappa shape index (κ2) is 5.43. The van der Waals surface area contributed by atoms with Gasteiger partial charge in [0.2, 0.25) is 0 Å². The highest BCUT2D eigenvalue weighted by molar-refractivity contribution is 6.31. The average Bonchev–Trinajstić information content (AvgIpc) is 2.20. The number of benzene rings is 1. The largest absolute Gasteiger partial charge is 0.480 e. The first-order valence-corrected chi connectivity index (χ1v) is 4.86. The second-order valence-electron chi connectivity index (χ2n) is 2.91. The molecule has 0 amide bonds. The first-order chi connectivity index (χ1) is 7.15. The van der Waals surface area contributed by atoms with E-state index in [2.05, 4.69) is 11.8 Å². The predicted molar refractivity (Wildman–Crippen MR) is 60.4 cm³/mol. The van der Waals surface area contributed by atoms with Gasteiger partial charge in [-0.2, -0.15) is 0 Å². The van der Waals surface area contributed by atoms with E-state index in [1.54, 1.807) is 25.1 Å². The zero-order chi connectivity index (χ0) is 11.3. The maximum atomic E-state index is 11.3. The van der Waals surface area contributed by atoms with Crippen molar-refractivity contribution in [1.82, 2.24) is 0 Å². The summed E-state index contributed by atoms with van der Waals surface area (Å²) in [6, 6.07) is 4.96. The van der Waals surface area contributed by atoms with Crippen LogP contribution in [-0.4, -0.2) is 12.4 Å². The van der Waals surface area contributed by atoms with Crippen LogP contribution in [0.4, 0.5) is 0 Å². The summed E-state index contributed by atoms with van der Waals surface area (Å²) in [5.41, 5.74) is 0.486. The van der Waals surface area contributed by atoms with Crippen molar-refractivity contribution < 1.29 is 9.53 Å². The molecule has 1 aromatic rings. The number of halogens is 1. The van der Waals surface area contributed by atoms with Gasteiger partial charge in [-0.15, -0.1) is 5.92 Å². The van der Waals surface area contributed by atoms with Crippen molar-refractivity contribution in [1.29, 1.82) is 0 Å². The second-order valence-corrected chi connectivity index (χ2v) is 3.35. The highest BCUT2D eigenvalue weighted by Crippen LogP contribution is 2.23. The van der Waals surface area contributed by atoms with E-state index in [-0.39, 0.29) is 12.4 Å². The molecule has 0 aliphatic heterocycles. The van der Waals surface area contributed by atoms with Gasteiger partial charge in [0, 0.05) is 5.02 Å². The molecule has 0 atom stereocenters. The summed E-state index contributed by atoms with van der Waals surface area (Å²) in [6.45, 7) is 3.49. The van der Waals surface area contributed by atoms with Crippen LogP contribution >= 0.6 is 11.6 Å². The molecular weight excluding hydrogens is 212 g/mol. The highest BCUT2D eigenvalue weighted by atomic mass is 35.5. The fourth-order valence-corrected chi connectivity index (χ4v) is 1.26. The van der Waals surface area contributed by atoms with Gasteiger partial charge in [0.15, 0.2) is 5.78 Å². The standard InChI is InChI=1S/C12H11ClO2/c1-3-4-7-15-12-6-5-10(13)8-11(12)9(2)14/h5-6,8H,7H2,1-2H3. The van der Waals surface area contributed by atoms with Crippen LogP contribution in [0.5, 0.6) is 5.75 Å². The summed E-state index contributed by atoms with van der Waals surface area (Å²) >= 11 is 5.79. The fourth-order valence-electron chi connectivity index (χ4n) is 1.09. The van der Waals surface area contributed by atoms with Crippen LogP contribution < -0.4 is 4.74 Å². The minimum absolute atomic E-state index is 0.0723. The van der Waals surface area contributed by atoms with Crippen molar-refractivity contribution >= 4 is 17.4 Å². The van der Waals surface area contributed by atoms with Gasteiger partial charge in [-0.05, 0) is 32.0 Å². The molecule has 0 fully saturated rings. The van der Waals surface area contributed by atoms with Crippen LogP contribution in [0, 0.1) is 11.8 Å². The zero-order valence-electron chi connectivity index (χ0n) is 8.63. The highest BCUT2D eigenvalue weighted by Gasteiger charge is 2.08. The van der Waals surface area contributed by atoms with E-state index in [1.165, 1.54) is 6.92 Å². The lowest BCUT2D eigenvalue weighted by Crippen LogP contribution is -2.01. The number of ether oxygens (including phenoxy) is 1. The van der Waals surface area contributed by atoms with Gasteiger partial charge < -0.3 is 4.74 Å². The molecular formula is C12H11ClO2. The van der Waals surface area contributed by atoms with E-state index >= 15 is 0 Å². The first-order valence-electron chi connectivity index (χ1n) is 4.48. The Labute approximate surface area is 94.2 Å². The molecule has 0 spiro atoms. The molecule has 0 saturated carbocycles. The molecule has 1 aromatic carbocycles. The molecule has 0 bridgehead atoms. The molecule has 0 aliphatic carbocycles. The van der Waals surface area contributed by atoms with Crippen LogP contribution in [0.1, 0.15) is 24.2 Å². The Kier molecular flexibility index (Phi) is 4.20. The lowest BCUT2D eigenvalue weighted by Gasteiger charge is -2.07. The van der Waals surface area contributed by atoms with Crippen LogP contribution in [0.25, 0.3) is 0 Å². The molecule has 0 N–H and O–H groups in total. The summed E-state index contributed by atoms with van der Waals surface area (Å²) in [5.74, 6) is 5.92. The van der Waals surface area contributed by atoms with Gasteiger partial charge >= 0.3 is 0 Å². The van der Waals surface area contributed by atoms with E-state index in [1.807, 2.05) is 0 Å². The minimum atomic E-state index is -0.0723. The number of hydrogen-bond donors (Lipinski definition) is 0. The van der Waals surface area contributed by atoms with Crippen molar-refractivity contribution in [2.24, 2.45) is 0 Å². The van der Waals surface area contributed by atoms with Crippen molar-refractivity contribution in [2.45, 2.75) is 13.8 Å². The summed E-state index contributed by atoms with van der Waals surface area (Å²) in [5, 5.41) is 0.522. The van der Waals surface area contributed by atoms with Crippen molar-refractivity contribution in [2.75, 3.05) is 6.61 Å². The molecule has 3 heteroatoms. The summed E-state index contributed by atoms with van der Waals surface area (Å²) in [4.78, 5) is 11.3. The summed E-state index contributed by atoms with van der Waals surface area (Å²) in [7, 11) is 0. The van der Waals surface area contributed by atoms with Crippen LogP contribution in [0.15, 0.2) is 18.2 Å². The molecule has 0 heterocycles. The minimum Gasteiger partial charge on any atom is -0.480 e.